The van der Waals surface area contributed by atoms with Crippen LogP contribution in [0.4, 0.5) is 5.69 Å². The highest BCUT2D eigenvalue weighted by Gasteiger charge is 2.11. The fourth-order valence-electron chi connectivity index (χ4n) is 3.90. The maximum Gasteiger partial charge on any atom is 0.271 e. The van der Waals surface area contributed by atoms with Gasteiger partial charge >= 0.3 is 0 Å². The lowest BCUT2D eigenvalue weighted by Crippen LogP contribution is -2.18. The van der Waals surface area contributed by atoms with Crippen molar-refractivity contribution in [2.24, 2.45) is 5.10 Å². The minimum Gasteiger partial charge on any atom is -0.497 e. The van der Waals surface area contributed by atoms with Crippen molar-refractivity contribution < 1.29 is 19.1 Å². The van der Waals surface area contributed by atoms with Gasteiger partial charge in [-0.15, -0.1) is 0 Å². The van der Waals surface area contributed by atoms with Crippen molar-refractivity contribution in [3.8, 4) is 22.9 Å². The third kappa shape index (κ3) is 5.94. The van der Waals surface area contributed by atoms with E-state index in [1.165, 1.54) is 6.21 Å². The zero-order valence-electron chi connectivity index (χ0n) is 21.3. The predicted octanol–water partition coefficient (Wildman–Crippen LogP) is 5.26. The number of carbonyl (C=O) groups is 2. The lowest BCUT2D eigenvalue weighted by molar-refractivity contribution is 0.0953. The van der Waals surface area contributed by atoms with Gasteiger partial charge in [-0.2, -0.15) is 5.10 Å². The Morgan fingerprint density at radius 3 is 2.26 bits per heavy atom. The molecule has 9 nitrogen and oxygen atoms in total. The van der Waals surface area contributed by atoms with Gasteiger partial charge in [0.1, 0.15) is 17.3 Å². The first-order valence-corrected chi connectivity index (χ1v) is 12.1. The summed E-state index contributed by atoms with van der Waals surface area (Å²) in [5.74, 6) is 1.50. The number of hydrogen-bond acceptors (Lipinski definition) is 6. The molecule has 0 atom stereocenters. The number of imidazole rings is 1. The summed E-state index contributed by atoms with van der Waals surface area (Å²) in [6, 6.07) is 26.7. The van der Waals surface area contributed by atoms with Crippen molar-refractivity contribution in [2.45, 2.75) is 0 Å². The largest absolute Gasteiger partial charge is 0.497 e. The predicted molar refractivity (Wildman–Crippen MR) is 151 cm³/mol. The molecule has 0 aliphatic carbocycles. The molecule has 0 spiro atoms. The normalized spacial score (nSPS) is 10.9. The first-order chi connectivity index (χ1) is 19.0. The van der Waals surface area contributed by atoms with Gasteiger partial charge in [0, 0.05) is 22.4 Å². The number of hydrogen-bond donors (Lipinski definition) is 3. The number of benzene rings is 4. The Labute approximate surface area is 224 Å². The van der Waals surface area contributed by atoms with Crippen molar-refractivity contribution in [1.82, 2.24) is 15.4 Å². The molecule has 4 aromatic carbocycles. The van der Waals surface area contributed by atoms with E-state index in [-0.39, 0.29) is 5.91 Å². The van der Waals surface area contributed by atoms with Crippen LogP contribution < -0.4 is 20.2 Å². The first-order valence-electron chi connectivity index (χ1n) is 12.1. The molecule has 0 unspecified atom stereocenters. The van der Waals surface area contributed by atoms with Crippen molar-refractivity contribution in [3.05, 3.63) is 108 Å². The molecule has 0 saturated heterocycles. The number of aromatic nitrogens is 2. The summed E-state index contributed by atoms with van der Waals surface area (Å²) in [6.45, 7) is 0. The zero-order valence-corrected chi connectivity index (χ0v) is 21.3. The number of amides is 2. The molecule has 194 valence electrons. The first kappa shape index (κ1) is 25.2. The van der Waals surface area contributed by atoms with Crippen LogP contribution in [0.2, 0.25) is 0 Å². The molecule has 0 radical (unpaired) electrons. The second kappa shape index (κ2) is 11.3. The summed E-state index contributed by atoms with van der Waals surface area (Å²) < 4.78 is 10.4. The molecule has 1 aromatic heterocycles. The Bertz CT molecular complexity index is 1660. The van der Waals surface area contributed by atoms with Crippen LogP contribution in [0.1, 0.15) is 26.3 Å². The monoisotopic (exact) mass is 519 g/mol. The molecule has 3 N–H and O–H groups in total. The second-order valence-corrected chi connectivity index (χ2v) is 8.55. The third-order valence-corrected chi connectivity index (χ3v) is 5.99. The van der Waals surface area contributed by atoms with Gasteiger partial charge in [0.05, 0.1) is 31.5 Å². The minimum absolute atomic E-state index is 0.299. The standard InChI is InChI=1S/C30H25N5O4/c1-38-24-13-10-20(11-14-24)28-33-26-15-12-23(17-27(26)34-28)32-29(36)21-6-8-22(9-7-21)30(37)35-31-18-19-4-3-5-25(16-19)39-2/h3-18H,1-2H3,(H,32,36)(H,33,34)(H,35,37). The number of anilines is 1. The second-order valence-electron chi connectivity index (χ2n) is 8.55. The Morgan fingerprint density at radius 2 is 1.54 bits per heavy atom. The average Bonchev–Trinajstić information content (AvgIpc) is 3.41. The van der Waals surface area contributed by atoms with Crippen LogP contribution in [-0.4, -0.2) is 42.2 Å². The van der Waals surface area contributed by atoms with Gasteiger partial charge in [-0.3, -0.25) is 9.59 Å². The van der Waals surface area contributed by atoms with Gasteiger partial charge in [-0.1, -0.05) is 12.1 Å². The molecule has 0 aliphatic heterocycles. The molecule has 9 heteroatoms. The van der Waals surface area contributed by atoms with Gasteiger partial charge in [0.25, 0.3) is 11.8 Å². The quantitative estimate of drug-likeness (QED) is 0.191. The van der Waals surface area contributed by atoms with Crippen molar-refractivity contribution in [3.63, 3.8) is 0 Å². The molecule has 5 aromatic rings. The van der Waals surface area contributed by atoms with Gasteiger partial charge in [-0.25, -0.2) is 10.4 Å². The van der Waals surface area contributed by atoms with Crippen molar-refractivity contribution >= 4 is 34.7 Å². The molecule has 0 saturated carbocycles. The SMILES string of the molecule is COc1ccc(-c2nc3ccc(NC(=O)c4ccc(C(=O)NN=Cc5cccc(OC)c5)cc4)cc3[nH]2)cc1. The lowest BCUT2D eigenvalue weighted by atomic mass is 10.1. The molecular weight excluding hydrogens is 494 g/mol. The van der Waals surface area contributed by atoms with Gasteiger partial charge in [0.15, 0.2) is 0 Å². The van der Waals surface area contributed by atoms with Gasteiger partial charge < -0.3 is 19.8 Å². The molecular formula is C30H25N5O4. The van der Waals surface area contributed by atoms with Crippen LogP contribution in [0.3, 0.4) is 0 Å². The topological polar surface area (TPSA) is 118 Å². The molecule has 39 heavy (non-hydrogen) atoms. The minimum atomic E-state index is -0.390. The maximum atomic E-state index is 12.8. The third-order valence-electron chi connectivity index (χ3n) is 5.99. The van der Waals surface area contributed by atoms with Crippen LogP contribution in [0.15, 0.2) is 96.1 Å². The highest BCUT2D eigenvalue weighted by molar-refractivity contribution is 6.05. The highest BCUT2D eigenvalue weighted by atomic mass is 16.5. The van der Waals surface area contributed by atoms with Crippen LogP contribution >= 0.6 is 0 Å². The number of H-pyrrole nitrogens is 1. The van der Waals surface area contributed by atoms with Crippen LogP contribution in [-0.2, 0) is 0 Å². The van der Waals surface area contributed by atoms with E-state index in [2.05, 4.69) is 25.8 Å². The maximum absolute atomic E-state index is 12.8. The van der Waals surface area contributed by atoms with Crippen molar-refractivity contribution in [1.29, 1.82) is 0 Å². The molecule has 0 fully saturated rings. The summed E-state index contributed by atoms with van der Waals surface area (Å²) >= 11 is 0. The Hall–Kier alpha value is -5.44. The Balaban J connectivity index is 1.21. The smallest absolute Gasteiger partial charge is 0.271 e. The number of nitrogens with one attached hydrogen (secondary N) is 3. The molecule has 5 rings (SSSR count). The lowest BCUT2D eigenvalue weighted by Gasteiger charge is -2.06. The number of rotatable bonds is 8. The van der Waals surface area contributed by atoms with E-state index >= 15 is 0 Å². The van der Waals surface area contributed by atoms with Crippen LogP contribution in [0.5, 0.6) is 11.5 Å². The summed E-state index contributed by atoms with van der Waals surface area (Å²) in [7, 11) is 3.21. The summed E-state index contributed by atoms with van der Waals surface area (Å²) in [5.41, 5.74) is 7.17. The number of nitrogens with zero attached hydrogens (tertiary/aromatic N) is 2. The zero-order chi connectivity index (χ0) is 27.2. The summed E-state index contributed by atoms with van der Waals surface area (Å²) in [4.78, 5) is 33.2. The van der Waals surface area contributed by atoms with E-state index in [9.17, 15) is 9.59 Å². The molecule has 2 amide bonds. The fraction of sp³-hybridized carbons (Fsp3) is 0.0667. The van der Waals surface area contributed by atoms with Crippen LogP contribution in [0, 0.1) is 0 Å². The summed E-state index contributed by atoms with van der Waals surface area (Å²) in [5, 5.41) is 6.87. The van der Waals surface area contributed by atoms with E-state index in [4.69, 9.17) is 9.47 Å². The number of aromatic amines is 1. The van der Waals surface area contributed by atoms with E-state index in [1.54, 1.807) is 50.6 Å². The van der Waals surface area contributed by atoms with E-state index in [0.717, 1.165) is 33.7 Å². The van der Waals surface area contributed by atoms with Gasteiger partial charge in [-0.05, 0) is 84.4 Å². The number of methoxy groups -OCH3 is 2. The summed E-state index contributed by atoms with van der Waals surface area (Å²) in [6.07, 6.45) is 1.53. The number of hydrazone groups is 1. The van der Waals surface area contributed by atoms with E-state index < -0.39 is 5.91 Å². The number of carbonyl (C=O) groups excluding carboxylic acids is 2. The molecule has 0 bridgehead atoms. The number of ether oxygens (including phenoxy) is 2. The Morgan fingerprint density at radius 1 is 0.821 bits per heavy atom. The van der Waals surface area contributed by atoms with Crippen LogP contribution in [0.25, 0.3) is 22.4 Å². The molecule has 0 aliphatic rings. The van der Waals surface area contributed by atoms with E-state index in [1.807, 2.05) is 54.6 Å². The molecule has 1 heterocycles. The van der Waals surface area contributed by atoms with Gasteiger partial charge in [0.2, 0.25) is 0 Å². The Kier molecular flexibility index (Phi) is 7.31. The highest BCUT2D eigenvalue weighted by Crippen LogP contribution is 2.25. The average molecular weight is 520 g/mol. The van der Waals surface area contributed by atoms with E-state index in [0.29, 0.717) is 22.6 Å². The number of fused-ring (bicyclic) bond motifs is 1. The van der Waals surface area contributed by atoms with Crippen molar-refractivity contribution in [2.75, 3.05) is 19.5 Å². The fourth-order valence-corrected chi connectivity index (χ4v) is 3.90.